The highest BCUT2D eigenvalue weighted by Gasteiger charge is 2.41. The fourth-order valence-electron chi connectivity index (χ4n) is 2.91. The number of hydrogen-bond acceptors (Lipinski definition) is 3. The standard InChI is InChI=1S/C16H29NO3/c1-6-20-14(19)12(15(2,3)4)13(18)17-16(5)10-8-7-9-11-16/h12H,6-11H2,1-5H3,(H,17,18). The van der Waals surface area contributed by atoms with Crippen LogP contribution >= 0.6 is 0 Å². The fraction of sp³-hybridized carbons (Fsp3) is 0.875. The van der Waals surface area contributed by atoms with Crippen LogP contribution in [0.3, 0.4) is 0 Å². The molecule has 20 heavy (non-hydrogen) atoms. The zero-order valence-electron chi connectivity index (χ0n) is 13.5. The van der Waals surface area contributed by atoms with Gasteiger partial charge in [-0.1, -0.05) is 40.0 Å². The Kier molecular flexibility index (Phi) is 5.60. The summed E-state index contributed by atoms with van der Waals surface area (Å²) >= 11 is 0. The second kappa shape index (κ2) is 6.59. The molecule has 0 radical (unpaired) electrons. The largest absolute Gasteiger partial charge is 0.465 e. The van der Waals surface area contributed by atoms with Gasteiger partial charge in [-0.25, -0.2) is 0 Å². The lowest BCUT2D eigenvalue weighted by atomic mass is 9.78. The molecule has 0 heterocycles. The molecule has 1 atom stereocenters. The molecule has 1 aliphatic carbocycles. The molecule has 0 spiro atoms. The summed E-state index contributed by atoms with van der Waals surface area (Å²) in [4.78, 5) is 24.7. The summed E-state index contributed by atoms with van der Waals surface area (Å²) in [5.41, 5.74) is -0.618. The summed E-state index contributed by atoms with van der Waals surface area (Å²) in [5.74, 6) is -1.36. The van der Waals surface area contributed by atoms with E-state index in [-0.39, 0.29) is 11.4 Å². The van der Waals surface area contributed by atoms with Crippen LogP contribution in [0, 0.1) is 11.3 Å². The minimum Gasteiger partial charge on any atom is -0.465 e. The molecule has 4 nitrogen and oxygen atoms in total. The maximum absolute atomic E-state index is 12.6. The monoisotopic (exact) mass is 283 g/mol. The zero-order valence-corrected chi connectivity index (χ0v) is 13.5. The molecule has 1 aliphatic rings. The van der Waals surface area contributed by atoms with E-state index in [4.69, 9.17) is 4.74 Å². The minimum absolute atomic E-state index is 0.175. The number of ether oxygens (including phenoxy) is 1. The first-order chi connectivity index (χ1) is 9.19. The molecule has 1 rings (SSSR count). The molecule has 116 valence electrons. The van der Waals surface area contributed by atoms with Crippen molar-refractivity contribution in [2.45, 2.75) is 72.3 Å². The second-order valence-electron chi connectivity index (χ2n) is 7.16. The Bertz CT molecular complexity index is 351. The van der Waals surface area contributed by atoms with Crippen LogP contribution in [0.2, 0.25) is 0 Å². The van der Waals surface area contributed by atoms with Crippen molar-refractivity contribution in [1.29, 1.82) is 0 Å². The van der Waals surface area contributed by atoms with Crippen molar-refractivity contribution in [3.05, 3.63) is 0 Å². The van der Waals surface area contributed by atoms with Crippen molar-refractivity contribution < 1.29 is 14.3 Å². The third-order valence-corrected chi connectivity index (χ3v) is 4.03. The molecule has 0 aromatic rings. The van der Waals surface area contributed by atoms with Gasteiger partial charge in [0.2, 0.25) is 5.91 Å². The van der Waals surface area contributed by atoms with Gasteiger partial charge in [-0.3, -0.25) is 9.59 Å². The summed E-state index contributed by atoms with van der Waals surface area (Å²) < 4.78 is 5.07. The molecule has 0 bridgehead atoms. The van der Waals surface area contributed by atoms with E-state index in [9.17, 15) is 9.59 Å². The highest BCUT2D eigenvalue weighted by atomic mass is 16.5. The lowest BCUT2D eigenvalue weighted by Crippen LogP contribution is -2.53. The highest BCUT2D eigenvalue weighted by Crippen LogP contribution is 2.31. The molecule has 0 saturated heterocycles. The van der Waals surface area contributed by atoms with Gasteiger partial charge in [0.15, 0.2) is 0 Å². The van der Waals surface area contributed by atoms with Gasteiger partial charge in [-0.15, -0.1) is 0 Å². The van der Waals surface area contributed by atoms with Crippen molar-refractivity contribution in [3.63, 3.8) is 0 Å². The van der Waals surface area contributed by atoms with Crippen molar-refractivity contribution in [2.24, 2.45) is 11.3 Å². The van der Waals surface area contributed by atoms with E-state index in [0.29, 0.717) is 6.61 Å². The maximum Gasteiger partial charge on any atom is 0.319 e. The number of carbonyl (C=O) groups excluding carboxylic acids is 2. The van der Waals surface area contributed by atoms with Gasteiger partial charge in [0.05, 0.1) is 6.61 Å². The van der Waals surface area contributed by atoms with Gasteiger partial charge in [0.25, 0.3) is 0 Å². The molecule has 4 heteroatoms. The summed E-state index contributed by atoms with van der Waals surface area (Å²) in [7, 11) is 0. The smallest absolute Gasteiger partial charge is 0.319 e. The minimum atomic E-state index is -0.749. The van der Waals surface area contributed by atoms with Gasteiger partial charge >= 0.3 is 5.97 Å². The lowest BCUT2D eigenvalue weighted by Gasteiger charge is -2.37. The van der Waals surface area contributed by atoms with Gasteiger partial charge in [-0.05, 0) is 32.1 Å². The number of rotatable bonds is 4. The topological polar surface area (TPSA) is 55.4 Å². The molecule has 1 fully saturated rings. The van der Waals surface area contributed by atoms with Crippen LogP contribution in [0.5, 0.6) is 0 Å². The van der Waals surface area contributed by atoms with E-state index < -0.39 is 17.3 Å². The Morgan fingerprint density at radius 2 is 1.75 bits per heavy atom. The number of carbonyl (C=O) groups is 2. The van der Waals surface area contributed by atoms with Gasteiger partial charge < -0.3 is 10.1 Å². The van der Waals surface area contributed by atoms with E-state index in [1.165, 1.54) is 6.42 Å². The lowest BCUT2D eigenvalue weighted by molar-refractivity contribution is -0.157. The summed E-state index contributed by atoms with van der Waals surface area (Å²) in [5, 5.41) is 3.10. The van der Waals surface area contributed by atoms with E-state index in [1.54, 1.807) is 6.92 Å². The molecule has 1 N–H and O–H groups in total. The zero-order chi connectivity index (χ0) is 15.4. The average Bonchev–Trinajstić information content (AvgIpc) is 2.27. The van der Waals surface area contributed by atoms with E-state index in [0.717, 1.165) is 25.7 Å². The Hall–Kier alpha value is -1.06. The maximum atomic E-state index is 12.6. The number of amides is 1. The highest BCUT2D eigenvalue weighted by molar-refractivity contribution is 5.98. The normalized spacial score (nSPS) is 20.1. The van der Waals surface area contributed by atoms with Crippen molar-refractivity contribution >= 4 is 11.9 Å². The quantitative estimate of drug-likeness (QED) is 0.637. The molecule has 1 unspecified atom stereocenters. The van der Waals surface area contributed by atoms with E-state index >= 15 is 0 Å². The molecule has 1 saturated carbocycles. The number of hydrogen-bond donors (Lipinski definition) is 1. The number of nitrogens with one attached hydrogen (secondary N) is 1. The SMILES string of the molecule is CCOC(=O)C(C(=O)NC1(C)CCCCC1)C(C)(C)C. The predicted octanol–water partition coefficient (Wildman–Crippen LogP) is 3.05. The van der Waals surface area contributed by atoms with Crippen LogP contribution in [-0.2, 0) is 14.3 Å². The van der Waals surface area contributed by atoms with Gasteiger partial charge in [0, 0.05) is 5.54 Å². The molecule has 1 amide bonds. The fourth-order valence-corrected chi connectivity index (χ4v) is 2.91. The predicted molar refractivity (Wildman–Crippen MR) is 79.2 cm³/mol. The average molecular weight is 283 g/mol. The third kappa shape index (κ3) is 4.50. The Balaban J connectivity index is 2.80. The Labute approximate surface area is 122 Å². The first kappa shape index (κ1) is 17.0. The molecule has 0 aromatic heterocycles. The molecule has 0 aromatic carbocycles. The Morgan fingerprint density at radius 1 is 1.20 bits per heavy atom. The summed E-state index contributed by atoms with van der Waals surface area (Å²) in [6, 6.07) is 0. The van der Waals surface area contributed by atoms with Crippen molar-refractivity contribution in [2.75, 3.05) is 6.61 Å². The first-order valence-electron chi connectivity index (χ1n) is 7.68. The van der Waals surface area contributed by atoms with Crippen LogP contribution < -0.4 is 5.32 Å². The van der Waals surface area contributed by atoms with Crippen molar-refractivity contribution in [3.8, 4) is 0 Å². The van der Waals surface area contributed by atoms with Crippen LogP contribution in [0.25, 0.3) is 0 Å². The number of esters is 1. The van der Waals surface area contributed by atoms with Crippen LogP contribution in [-0.4, -0.2) is 24.0 Å². The van der Waals surface area contributed by atoms with Gasteiger partial charge in [-0.2, -0.15) is 0 Å². The van der Waals surface area contributed by atoms with Crippen LogP contribution in [0.1, 0.15) is 66.7 Å². The second-order valence-corrected chi connectivity index (χ2v) is 7.16. The summed E-state index contributed by atoms with van der Waals surface area (Å²) in [6.07, 6.45) is 5.47. The molecular weight excluding hydrogens is 254 g/mol. The van der Waals surface area contributed by atoms with Gasteiger partial charge in [0.1, 0.15) is 5.92 Å². The van der Waals surface area contributed by atoms with Crippen LogP contribution in [0.4, 0.5) is 0 Å². The van der Waals surface area contributed by atoms with Crippen LogP contribution in [0.15, 0.2) is 0 Å². The molecule has 0 aliphatic heterocycles. The first-order valence-corrected chi connectivity index (χ1v) is 7.68. The van der Waals surface area contributed by atoms with E-state index in [2.05, 4.69) is 12.2 Å². The van der Waals surface area contributed by atoms with Crippen molar-refractivity contribution in [1.82, 2.24) is 5.32 Å². The Morgan fingerprint density at radius 3 is 2.20 bits per heavy atom. The third-order valence-electron chi connectivity index (χ3n) is 4.03. The van der Waals surface area contributed by atoms with E-state index in [1.807, 2.05) is 20.8 Å². The summed E-state index contributed by atoms with van der Waals surface area (Å²) in [6.45, 7) is 9.84. The molecular formula is C16H29NO3.